The summed E-state index contributed by atoms with van der Waals surface area (Å²) in [6.45, 7) is 6.92. The first-order chi connectivity index (χ1) is 12.0. The van der Waals surface area contributed by atoms with Gasteiger partial charge in [-0.05, 0) is 32.4 Å². The van der Waals surface area contributed by atoms with Crippen LogP contribution in [0.25, 0.3) is 0 Å². The van der Waals surface area contributed by atoms with Gasteiger partial charge < -0.3 is 24.4 Å². The van der Waals surface area contributed by atoms with Crippen molar-refractivity contribution in [3.05, 3.63) is 35.4 Å². The maximum atomic E-state index is 12.7. The van der Waals surface area contributed by atoms with E-state index in [1.807, 2.05) is 38.1 Å². The standard InChI is InChI=1S/C19H26N2O4/c1-19(2)13-21(18(22)20-11-14-6-8-24-9-7-14)12-15-4-5-16(23-3)10-17(15)25-19/h4-6,10H,7-9,11-13H2,1-3H3,(H,20,22). The zero-order chi connectivity index (χ0) is 17.9. The number of ether oxygens (including phenoxy) is 3. The quantitative estimate of drug-likeness (QED) is 0.855. The molecule has 0 radical (unpaired) electrons. The molecule has 0 unspecified atom stereocenters. The van der Waals surface area contributed by atoms with Crippen molar-refractivity contribution in [2.45, 2.75) is 32.4 Å². The monoisotopic (exact) mass is 346 g/mol. The number of benzene rings is 1. The second kappa shape index (κ2) is 7.35. The van der Waals surface area contributed by atoms with Crippen molar-refractivity contribution in [1.82, 2.24) is 10.2 Å². The molecule has 0 saturated carbocycles. The highest BCUT2D eigenvalue weighted by molar-refractivity contribution is 5.75. The molecule has 0 aromatic heterocycles. The molecule has 1 N–H and O–H groups in total. The minimum atomic E-state index is -0.479. The number of amides is 2. The number of carbonyl (C=O) groups excluding carboxylic acids is 1. The van der Waals surface area contributed by atoms with Crippen molar-refractivity contribution in [2.24, 2.45) is 0 Å². The second-order valence-electron chi connectivity index (χ2n) is 7.04. The summed E-state index contributed by atoms with van der Waals surface area (Å²) in [5.74, 6) is 1.52. The lowest BCUT2D eigenvalue weighted by Crippen LogP contribution is -2.47. The lowest BCUT2D eigenvalue weighted by atomic mass is 10.1. The predicted octanol–water partition coefficient (Wildman–Crippen LogP) is 2.72. The number of urea groups is 1. The summed E-state index contributed by atoms with van der Waals surface area (Å²) in [6.07, 6.45) is 2.92. The Morgan fingerprint density at radius 1 is 1.40 bits per heavy atom. The zero-order valence-electron chi connectivity index (χ0n) is 15.1. The topological polar surface area (TPSA) is 60.0 Å². The molecule has 136 valence electrons. The van der Waals surface area contributed by atoms with Crippen LogP contribution in [-0.4, -0.2) is 49.9 Å². The molecule has 6 nitrogen and oxygen atoms in total. The zero-order valence-corrected chi connectivity index (χ0v) is 15.1. The summed E-state index contributed by atoms with van der Waals surface area (Å²) in [5.41, 5.74) is 1.72. The van der Waals surface area contributed by atoms with Crippen LogP contribution in [0, 0.1) is 0 Å². The van der Waals surface area contributed by atoms with Crippen LogP contribution < -0.4 is 14.8 Å². The largest absolute Gasteiger partial charge is 0.497 e. The van der Waals surface area contributed by atoms with E-state index >= 15 is 0 Å². The Balaban J connectivity index is 1.72. The van der Waals surface area contributed by atoms with Crippen LogP contribution in [-0.2, 0) is 11.3 Å². The number of rotatable bonds is 3. The Hall–Kier alpha value is -2.21. The molecular formula is C19H26N2O4. The molecule has 2 aliphatic heterocycles. The first kappa shape index (κ1) is 17.6. The maximum absolute atomic E-state index is 12.7. The van der Waals surface area contributed by atoms with Gasteiger partial charge in [-0.25, -0.2) is 4.79 Å². The summed E-state index contributed by atoms with van der Waals surface area (Å²) in [6, 6.07) is 5.65. The van der Waals surface area contributed by atoms with E-state index < -0.39 is 5.60 Å². The van der Waals surface area contributed by atoms with Gasteiger partial charge in [-0.2, -0.15) is 0 Å². The van der Waals surface area contributed by atoms with Gasteiger partial charge in [0, 0.05) is 18.2 Å². The van der Waals surface area contributed by atoms with Gasteiger partial charge in [-0.1, -0.05) is 11.6 Å². The summed E-state index contributed by atoms with van der Waals surface area (Å²) >= 11 is 0. The Kier molecular flexibility index (Phi) is 5.18. The fourth-order valence-electron chi connectivity index (χ4n) is 3.11. The summed E-state index contributed by atoms with van der Waals surface area (Å²) in [5, 5.41) is 3.02. The fourth-order valence-corrected chi connectivity index (χ4v) is 3.11. The molecule has 0 saturated heterocycles. The molecular weight excluding hydrogens is 320 g/mol. The first-order valence-electron chi connectivity index (χ1n) is 8.61. The van der Waals surface area contributed by atoms with Crippen LogP contribution in [0.2, 0.25) is 0 Å². The number of nitrogens with one attached hydrogen (secondary N) is 1. The number of hydrogen-bond acceptors (Lipinski definition) is 4. The minimum Gasteiger partial charge on any atom is -0.497 e. The lowest BCUT2D eigenvalue weighted by molar-refractivity contribution is 0.0806. The van der Waals surface area contributed by atoms with Crippen molar-refractivity contribution in [3.63, 3.8) is 0 Å². The number of carbonyl (C=O) groups is 1. The molecule has 1 aromatic carbocycles. The van der Waals surface area contributed by atoms with Crippen molar-refractivity contribution in [1.29, 1.82) is 0 Å². The SMILES string of the molecule is COc1ccc2c(c1)OC(C)(C)CN(C(=O)NCC1=CCOCC1)C2. The average molecular weight is 346 g/mol. The molecule has 2 heterocycles. The van der Waals surface area contributed by atoms with Crippen LogP contribution in [0.1, 0.15) is 25.8 Å². The van der Waals surface area contributed by atoms with E-state index in [-0.39, 0.29) is 6.03 Å². The average Bonchev–Trinajstić information content (AvgIpc) is 2.74. The molecule has 25 heavy (non-hydrogen) atoms. The normalized spacial score (nSPS) is 19.2. The summed E-state index contributed by atoms with van der Waals surface area (Å²) in [4.78, 5) is 14.5. The van der Waals surface area contributed by atoms with Crippen molar-refractivity contribution in [3.8, 4) is 11.5 Å². The highest BCUT2D eigenvalue weighted by atomic mass is 16.5. The van der Waals surface area contributed by atoms with Crippen LogP contribution in [0.3, 0.4) is 0 Å². The van der Waals surface area contributed by atoms with Gasteiger partial charge in [0.1, 0.15) is 17.1 Å². The van der Waals surface area contributed by atoms with Crippen LogP contribution >= 0.6 is 0 Å². The van der Waals surface area contributed by atoms with E-state index in [0.29, 0.717) is 26.2 Å². The molecule has 0 bridgehead atoms. The minimum absolute atomic E-state index is 0.0762. The predicted molar refractivity (Wildman–Crippen MR) is 95.0 cm³/mol. The van der Waals surface area contributed by atoms with Crippen LogP contribution in [0.4, 0.5) is 4.79 Å². The van der Waals surface area contributed by atoms with E-state index in [4.69, 9.17) is 14.2 Å². The van der Waals surface area contributed by atoms with E-state index in [0.717, 1.165) is 30.1 Å². The maximum Gasteiger partial charge on any atom is 0.318 e. The summed E-state index contributed by atoms with van der Waals surface area (Å²) < 4.78 is 16.7. The van der Waals surface area contributed by atoms with Gasteiger partial charge in [0.25, 0.3) is 0 Å². The highest BCUT2D eigenvalue weighted by Gasteiger charge is 2.31. The third-order valence-electron chi connectivity index (χ3n) is 4.40. The van der Waals surface area contributed by atoms with E-state index in [9.17, 15) is 4.79 Å². The highest BCUT2D eigenvalue weighted by Crippen LogP contribution is 2.32. The van der Waals surface area contributed by atoms with Gasteiger partial charge in [0.2, 0.25) is 0 Å². The second-order valence-corrected chi connectivity index (χ2v) is 7.04. The molecule has 0 atom stereocenters. The van der Waals surface area contributed by atoms with E-state index in [2.05, 4.69) is 5.32 Å². The fraction of sp³-hybridized carbons (Fsp3) is 0.526. The number of fused-ring (bicyclic) bond motifs is 1. The van der Waals surface area contributed by atoms with Gasteiger partial charge in [0.05, 0.1) is 33.4 Å². The third kappa shape index (κ3) is 4.45. The van der Waals surface area contributed by atoms with E-state index in [1.54, 1.807) is 12.0 Å². The molecule has 0 spiro atoms. The van der Waals surface area contributed by atoms with E-state index in [1.165, 1.54) is 5.57 Å². The van der Waals surface area contributed by atoms with Gasteiger partial charge in [0.15, 0.2) is 0 Å². The Morgan fingerprint density at radius 3 is 2.96 bits per heavy atom. The van der Waals surface area contributed by atoms with Crippen molar-refractivity contribution < 1.29 is 19.0 Å². The molecule has 0 fully saturated rings. The molecule has 1 aromatic rings. The first-order valence-corrected chi connectivity index (χ1v) is 8.61. The van der Waals surface area contributed by atoms with Crippen molar-refractivity contribution in [2.75, 3.05) is 33.4 Å². The third-order valence-corrected chi connectivity index (χ3v) is 4.40. The molecule has 2 aliphatic rings. The van der Waals surface area contributed by atoms with Gasteiger partial charge in [-0.3, -0.25) is 0 Å². The smallest absolute Gasteiger partial charge is 0.318 e. The summed E-state index contributed by atoms with van der Waals surface area (Å²) in [7, 11) is 1.63. The Labute approximate surface area is 148 Å². The van der Waals surface area contributed by atoms with Crippen LogP contribution in [0.15, 0.2) is 29.8 Å². The van der Waals surface area contributed by atoms with Gasteiger partial charge >= 0.3 is 6.03 Å². The molecule has 6 heteroatoms. The van der Waals surface area contributed by atoms with Gasteiger partial charge in [-0.15, -0.1) is 0 Å². The molecule has 0 aliphatic carbocycles. The number of nitrogens with zero attached hydrogens (tertiary/aromatic N) is 1. The molecule has 2 amide bonds. The number of methoxy groups -OCH3 is 1. The van der Waals surface area contributed by atoms with Crippen LogP contribution in [0.5, 0.6) is 11.5 Å². The van der Waals surface area contributed by atoms with Crippen molar-refractivity contribution >= 4 is 6.03 Å². The molecule has 3 rings (SSSR count). The Morgan fingerprint density at radius 2 is 2.24 bits per heavy atom. The Bertz CT molecular complexity index is 669. The lowest BCUT2D eigenvalue weighted by Gasteiger charge is -2.29. The number of hydrogen-bond donors (Lipinski definition) is 1.